The molecule has 0 spiro atoms. The molecule has 6 nitrogen and oxygen atoms in total. The molecule has 0 bridgehead atoms. The number of hydrogen-bond donors (Lipinski definition) is 2. The number of likely N-dealkylation sites (tertiary alicyclic amines) is 1. The summed E-state index contributed by atoms with van der Waals surface area (Å²) in [5.74, 6) is 5.84. The van der Waals surface area contributed by atoms with Crippen molar-refractivity contribution in [2.45, 2.75) is 19.4 Å². The Hall–Kier alpha value is -1.66. The SMILES string of the molecule is COC1CN(C(=O)c2ccncc2NN)CCC1C. The van der Waals surface area contributed by atoms with Crippen LogP contribution in [0.15, 0.2) is 18.5 Å². The molecule has 0 saturated carbocycles. The second-order valence-corrected chi connectivity index (χ2v) is 4.86. The second kappa shape index (κ2) is 5.99. The van der Waals surface area contributed by atoms with Crippen molar-refractivity contribution in [3.63, 3.8) is 0 Å². The first kappa shape index (κ1) is 13.8. The van der Waals surface area contributed by atoms with E-state index in [2.05, 4.69) is 17.3 Å². The van der Waals surface area contributed by atoms with Gasteiger partial charge in [-0.3, -0.25) is 15.6 Å². The summed E-state index contributed by atoms with van der Waals surface area (Å²) in [6.07, 6.45) is 4.18. The maximum Gasteiger partial charge on any atom is 0.256 e. The molecule has 2 heterocycles. The van der Waals surface area contributed by atoms with E-state index in [1.807, 2.05) is 4.90 Å². The van der Waals surface area contributed by atoms with Gasteiger partial charge in [0.25, 0.3) is 5.91 Å². The zero-order valence-corrected chi connectivity index (χ0v) is 11.3. The first-order valence-electron chi connectivity index (χ1n) is 6.40. The number of anilines is 1. The molecule has 19 heavy (non-hydrogen) atoms. The Morgan fingerprint density at radius 3 is 3.11 bits per heavy atom. The van der Waals surface area contributed by atoms with Gasteiger partial charge in [0.05, 0.1) is 23.6 Å². The maximum absolute atomic E-state index is 12.5. The summed E-state index contributed by atoms with van der Waals surface area (Å²) in [6, 6.07) is 1.68. The van der Waals surface area contributed by atoms with E-state index in [9.17, 15) is 4.79 Å². The maximum atomic E-state index is 12.5. The Morgan fingerprint density at radius 1 is 1.63 bits per heavy atom. The quantitative estimate of drug-likeness (QED) is 0.625. The van der Waals surface area contributed by atoms with Crippen molar-refractivity contribution in [1.82, 2.24) is 9.88 Å². The van der Waals surface area contributed by atoms with E-state index in [1.165, 1.54) is 0 Å². The van der Waals surface area contributed by atoms with Gasteiger partial charge in [0.2, 0.25) is 0 Å². The highest BCUT2D eigenvalue weighted by atomic mass is 16.5. The lowest BCUT2D eigenvalue weighted by atomic mass is 9.95. The van der Waals surface area contributed by atoms with Gasteiger partial charge in [0, 0.05) is 26.4 Å². The van der Waals surface area contributed by atoms with Crippen molar-refractivity contribution >= 4 is 11.6 Å². The van der Waals surface area contributed by atoms with Crippen LogP contribution in [0.2, 0.25) is 0 Å². The van der Waals surface area contributed by atoms with Gasteiger partial charge >= 0.3 is 0 Å². The molecule has 3 N–H and O–H groups in total. The Morgan fingerprint density at radius 2 is 2.42 bits per heavy atom. The number of piperidine rings is 1. The molecule has 1 aliphatic heterocycles. The van der Waals surface area contributed by atoms with Crippen LogP contribution in [0.4, 0.5) is 5.69 Å². The molecule has 1 amide bonds. The molecule has 2 unspecified atom stereocenters. The van der Waals surface area contributed by atoms with Crippen LogP contribution in [0.1, 0.15) is 23.7 Å². The van der Waals surface area contributed by atoms with E-state index in [0.717, 1.165) is 13.0 Å². The number of carbonyl (C=O) groups is 1. The first-order chi connectivity index (χ1) is 9.17. The van der Waals surface area contributed by atoms with E-state index in [-0.39, 0.29) is 12.0 Å². The molecule has 1 fully saturated rings. The topological polar surface area (TPSA) is 80.5 Å². The van der Waals surface area contributed by atoms with Crippen LogP contribution in [0.25, 0.3) is 0 Å². The number of nitrogens with two attached hydrogens (primary N) is 1. The number of amides is 1. The van der Waals surface area contributed by atoms with Gasteiger partial charge in [0.15, 0.2) is 0 Å². The monoisotopic (exact) mass is 264 g/mol. The lowest BCUT2D eigenvalue weighted by Crippen LogP contribution is -2.46. The van der Waals surface area contributed by atoms with Crippen molar-refractivity contribution < 1.29 is 9.53 Å². The normalized spacial score (nSPS) is 23.2. The molecule has 0 radical (unpaired) electrons. The molecule has 1 aliphatic rings. The Kier molecular flexibility index (Phi) is 4.34. The van der Waals surface area contributed by atoms with Gasteiger partial charge in [-0.05, 0) is 18.4 Å². The van der Waals surface area contributed by atoms with E-state index >= 15 is 0 Å². The molecule has 1 aromatic rings. The van der Waals surface area contributed by atoms with Gasteiger partial charge in [0.1, 0.15) is 0 Å². The lowest BCUT2D eigenvalue weighted by Gasteiger charge is -2.36. The van der Waals surface area contributed by atoms with Crippen LogP contribution in [0, 0.1) is 5.92 Å². The van der Waals surface area contributed by atoms with Crippen LogP contribution in [-0.2, 0) is 4.74 Å². The van der Waals surface area contributed by atoms with Gasteiger partial charge in [-0.1, -0.05) is 6.92 Å². The summed E-state index contributed by atoms with van der Waals surface area (Å²) in [5.41, 5.74) is 3.59. The highest BCUT2D eigenvalue weighted by Crippen LogP contribution is 2.22. The summed E-state index contributed by atoms with van der Waals surface area (Å²) in [7, 11) is 1.69. The van der Waals surface area contributed by atoms with Crippen LogP contribution >= 0.6 is 0 Å². The molecule has 1 saturated heterocycles. The highest BCUT2D eigenvalue weighted by Gasteiger charge is 2.30. The van der Waals surface area contributed by atoms with Crippen molar-refractivity contribution in [1.29, 1.82) is 0 Å². The van der Waals surface area contributed by atoms with Gasteiger partial charge in [-0.2, -0.15) is 0 Å². The standard InChI is InChI=1S/C13H20N4O2/c1-9-4-6-17(8-12(9)19-2)13(18)10-3-5-15-7-11(10)16-14/h3,5,7,9,12,16H,4,6,8,14H2,1-2H3. The predicted molar refractivity (Wildman–Crippen MR) is 72.5 cm³/mol. The lowest BCUT2D eigenvalue weighted by molar-refractivity contribution is -0.00153. The first-order valence-corrected chi connectivity index (χ1v) is 6.40. The summed E-state index contributed by atoms with van der Waals surface area (Å²) in [5, 5.41) is 0. The third-order valence-corrected chi connectivity index (χ3v) is 3.69. The number of nitrogens with zero attached hydrogens (tertiary/aromatic N) is 2. The third kappa shape index (κ3) is 2.85. The minimum absolute atomic E-state index is 0.0377. The Bertz CT molecular complexity index is 452. The zero-order valence-electron chi connectivity index (χ0n) is 11.3. The molecule has 0 aromatic carbocycles. The number of hydrazine groups is 1. The smallest absolute Gasteiger partial charge is 0.256 e. The van der Waals surface area contributed by atoms with Crippen molar-refractivity contribution in [2.75, 3.05) is 25.6 Å². The number of pyridine rings is 1. The molecular formula is C13H20N4O2. The summed E-state index contributed by atoms with van der Waals surface area (Å²) in [4.78, 5) is 18.3. The number of ether oxygens (including phenoxy) is 1. The second-order valence-electron chi connectivity index (χ2n) is 4.86. The van der Waals surface area contributed by atoms with Crippen molar-refractivity contribution in [2.24, 2.45) is 11.8 Å². The highest BCUT2D eigenvalue weighted by molar-refractivity contribution is 5.99. The number of methoxy groups -OCH3 is 1. The van der Waals surface area contributed by atoms with E-state index in [4.69, 9.17) is 10.6 Å². The molecule has 1 aromatic heterocycles. The predicted octanol–water partition coefficient (Wildman–Crippen LogP) is 0.864. The summed E-state index contributed by atoms with van der Waals surface area (Å²) >= 11 is 0. The largest absolute Gasteiger partial charge is 0.379 e. The molecule has 0 aliphatic carbocycles. The fourth-order valence-electron chi connectivity index (χ4n) is 2.39. The summed E-state index contributed by atoms with van der Waals surface area (Å²) in [6.45, 7) is 3.50. The summed E-state index contributed by atoms with van der Waals surface area (Å²) < 4.78 is 5.43. The number of nitrogens with one attached hydrogen (secondary N) is 1. The molecule has 104 valence electrons. The van der Waals surface area contributed by atoms with Crippen molar-refractivity contribution in [3.8, 4) is 0 Å². The zero-order chi connectivity index (χ0) is 13.8. The molecular weight excluding hydrogens is 244 g/mol. The van der Waals surface area contributed by atoms with Crippen molar-refractivity contribution in [3.05, 3.63) is 24.0 Å². The van der Waals surface area contributed by atoms with Crippen LogP contribution < -0.4 is 11.3 Å². The van der Waals surface area contributed by atoms with Gasteiger partial charge < -0.3 is 15.1 Å². The van der Waals surface area contributed by atoms with Crippen LogP contribution in [-0.4, -0.2) is 42.1 Å². The van der Waals surface area contributed by atoms with Crippen LogP contribution in [0.3, 0.4) is 0 Å². The number of hydrogen-bond acceptors (Lipinski definition) is 5. The average molecular weight is 264 g/mol. The van der Waals surface area contributed by atoms with E-state index < -0.39 is 0 Å². The van der Waals surface area contributed by atoms with E-state index in [1.54, 1.807) is 25.6 Å². The minimum Gasteiger partial charge on any atom is -0.379 e. The number of rotatable bonds is 3. The average Bonchev–Trinajstić information content (AvgIpc) is 2.47. The fraction of sp³-hybridized carbons (Fsp3) is 0.538. The van der Waals surface area contributed by atoms with Gasteiger partial charge in [-0.15, -0.1) is 0 Å². The number of aromatic nitrogens is 1. The van der Waals surface area contributed by atoms with Crippen LogP contribution in [0.5, 0.6) is 0 Å². The fourth-order valence-corrected chi connectivity index (χ4v) is 2.39. The number of nitrogen functional groups attached to an aromatic ring is 1. The Balaban J connectivity index is 2.15. The van der Waals surface area contributed by atoms with E-state index in [0.29, 0.717) is 23.7 Å². The molecule has 2 atom stereocenters. The molecule has 2 rings (SSSR count). The van der Waals surface area contributed by atoms with Gasteiger partial charge in [-0.25, -0.2) is 0 Å². The third-order valence-electron chi connectivity index (χ3n) is 3.69. The number of carbonyl (C=O) groups excluding carboxylic acids is 1. The molecule has 6 heteroatoms. The Labute approximate surface area is 112 Å². The minimum atomic E-state index is -0.0377.